The van der Waals surface area contributed by atoms with E-state index in [-0.39, 0.29) is 29.6 Å². The Labute approximate surface area is 132 Å². The van der Waals surface area contributed by atoms with Gasteiger partial charge in [-0.2, -0.15) is 0 Å². The molecule has 0 fully saturated rings. The van der Waals surface area contributed by atoms with Crippen molar-refractivity contribution in [3.63, 3.8) is 0 Å². The average molecular weight is 240 g/mol. The summed E-state index contributed by atoms with van der Waals surface area (Å²) in [6.07, 6.45) is 0.340. The molecule has 0 amide bonds. The van der Waals surface area contributed by atoms with E-state index < -0.39 is 18.4 Å². The van der Waals surface area contributed by atoms with E-state index in [0.29, 0.717) is 0 Å². The van der Waals surface area contributed by atoms with E-state index in [0.717, 1.165) is 6.42 Å². The van der Waals surface area contributed by atoms with Crippen molar-refractivity contribution in [3.8, 4) is 0 Å². The summed E-state index contributed by atoms with van der Waals surface area (Å²) in [5, 5.41) is 15.4. The summed E-state index contributed by atoms with van der Waals surface area (Å²) in [7, 11) is 0. The molecule has 1 rings (SSSR count). The second kappa shape index (κ2) is 10.9. The van der Waals surface area contributed by atoms with Gasteiger partial charge in [0.1, 0.15) is 6.42 Å². The number of hydrogen-bond donors (Lipinski definition) is 2. The number of benzene rings is 1. The van der Waals surface area contributed by atoms with Gasteiger partial charge in [-0.15, -0.1) is 0 Å². The van der Waals surface area contributed by atoms with E-state index in [1.165, 1.54) is 9.80 Å². The molecule has 0 spiro atoms. The van der Waals surface area contributed by atoms with Crippen LogP contribution in [-0.4, -0.2) is 69.4 Å². The Kier molecular flexibility index (Phi) is 12.2. The van der Waals surface area contributed by atoms with Crippen LogP contribution in [0.3, 0.4) is 0 Å². The van der Waals surface area contributed by atoms with Gasteiger partial charge >= 0.3 is 107 Å². The van der Waals surface area contributed by atoms with Crippen LogP contribution in [0.1, 0.15) is 18.9 Å². The average Bonchev–Trinajstić information content (AvgIpc) is 2.17. The molecule has 0 aliphatic rings. The van der Waals surface area contributed by atoms with Gasteiger partial charge in [-0.05, 0) is 0 Å². The van der Waals surface area contributed by atoms with E-state index >= 15 is 0 Å². The molecule has 6 heteroatoms. The first-order chi connectivity index (χ1) is 7.47. The SMILES string of the molecule is O=C(O)CC(=O)O.[Li][c]1ccccc1CC.[NaH]. The van der Waals surface area contributed by atoms with Crippen LogP contribution in [0.4, 0.5) is 0 Å². The van der Waals surface area contributed by atoms with Gasteiger partial charge in [-0.3, -0.25) is 9.59 Å². The fourth-order valence-electron chi connectivity index (χ4n) is 1.14. The van der Waals surface area contributed by atoms with Crippen molar-refractivity contribution in [1.29, 1.82) is 0 Å². The fraction of sp³-hybridized carbons (Fsp3) is 0.273. The first-order valence-corrected chi connectivity index (χ1v) is 4.95. The molecule has 0 aromatic heterocycles. The zero-order chi connectivity index (χ0) is 12.6. The van der Waals surface area contributed by atoms with Crippen LogP contribution in [-0.2, 0) is 16.0 Å². The summed E-state index contributed by atoms with van der Waals surface area (Å²) in [6.45, 7) is 2.18. The number of rotatable bonds is 3. The maximum absolute atomic E-state index is 9.43. The van der Waals surface area contributed by atoms with Crippen LogP contribution in [0, 0.1) is 0 Å². The van der Waals surface area contributed by atoms with E-state index in [2.05, 4.69) is 48.9 Å². The standard InChI is InChI=1S/C8H9.C3H4O4.Li.Na.H/c1-2-8-6-4-3-5-7-8;4-2(5)1-3(6)7;;;/h3-6H,2H2,1H3;1H2,(H,4,5)(H,6,7);;;. The number of carboxylic acids is 2. The van der Waals surface area contributed by atoms with Crippen LogP contribution in [0.25, 0.3) is 0 Å². The third-order valence-corrected chi connectivity index (χ3v) is 1.94. The molecule has 0 heterocycles. The summed E-state index contributed by atoms with van der Waals surface area (Å²) in [5.41, 5.74) is 1.46. The molecular weight excluding hydrogens is 226 g/mol. The molecular formula is C11H14LiNaO4. The molecule has 0 saturated heterocycles. The molecule has 0 saturated carbocycles. The second-order valence-electron chi connectivity index (χ2n) is 3.24. The Morgan fingerprint density at radius 3 is 1.88 bits per heavy atom. The molecule has 1 aromatic carbocycles. The van der Waals surface area contributed by atoms with Crippen molar-refractivity contribution in [3.05, 3.63) is 29.8 Å². The molecule has 0 aliphatic heterocycles. The van der Waals surface area contributed by atoms with Crippen molar-refractivity contribution in [2.75, 3.05) is 0 Å². The Bertz CT molecular complexity index is 356. The summed E-state index contributed by atoms with van der Waals surface area (Å²) >= 11 is 2.15. The van der Waals surface area contributed by atoms with Gasteiger partial charge in [-0.25, -0.2) is 0 Å². The number of carbonyl (C=O) groups is 2. The van der Waals surface area contributed by atoms with Gasteiger partial charge in [0.25, 0.3) is 0 Å². The van der Waals surface area contributed by atoms with Gasteiger partial charge in [0, 0.05) is 0 Å². The Hall–Kier alpha value is -0.243. The maximum atomic E-state index is 9.43. The molecule has 0 atom stereocenters. The van der Waals surface area contributed by atoms with Crippen LogP contribution >= 0.6 is 0 Å². The predicted molar refractivity (Wildman–Crippen MR) is 68.2 cm³/mol. The molecule has 4 nitrogen and oxygen atoms in total. The monoisotopic (exact) mass is 240 g/mol. The van der Waals surface area contributed by atoms with Gasteiger partial charge < -0.3 is 10.2 Å². The quantitative estimate of drug-likeness (QED) is 0.573. The van der Waals surface area contributed by atoms with E-state index in [1.54, 1.807) is 0 Å². The predicted octanol–water partition coefficient (Wildman–Crippen LogP) is -0.0600. The molecule has 0 aliphatic carbocycles. The minimum atomic E-state index is -1.31. The third kappa shape index (κ3) is 10.6. The molecule has 2 N–H and O–H groups in total. The van der Waals surface area contributed by atoms with Gasteiger partial charge in [-0.1, -0.05) is 0 Å². The zero-order valence-corrected chi connectivity index (χ0v) is 9.43. The van der Waals surface area contributed by atoms with E-state index in [1.807, 2.05) is 0 Å². The van der Waals surface area contributed by atoms with Gasteiger partial charge in [0.2, 0.25) is 0 Å². The normalized spacial score (nSPS) is 8.41. The molecule has 1 aromatic rings. The third-order valence-electron chi connectivity index (χ3n) is 1.94. The molecule has 0 bridgehead atoms. The van der Waals surface area contributed by atoms with Crippen molar-refractivity contribution >= 4 is 63.4 Å². The van der Waals surface area contributed by atoms with Crippen molar-refractivity contribution in [2.45, 2.75) is 19.8 Å². The summed E-state index contributed by atoms with van der Waals surface area (Å²) < 4.78 is 1.40. The molecule has 84 valence electrons. The minimum absolute atomic E-state index is 0. The molecule has 0 unspecified atom stereocenters. The van der Waals surface area contributed by atoms with Gasteiger partial charge in [0.05, 0.1) is 0 Å². The van der Waals surface area contributed by atoms with E-state index in [9.17, 15) is 9.59 Å². The van der Waals surface area contributed by atoms with Gasteiger partial charge in [0.15, 0.2) is 0 Å². The number of carboxylic acid groups (broad SMARTS) is 2. The summed E-state index contributed by atoms with van der Waals surface area (Å²) in [5.74, 6) is -2.62. The number of aliphatic carboxylic acids is 2. The Morgan fingerprint density at radius 1 is 1.18 bits per heavy atom. The fourth-order valence-corrected chi connectivity index (χ4v) is 1.14. The van der Waals surface area contributed by atoms with Crippen molar-refractivity contribution in [1.82, 2.24) is 0 Å². The Balaban J connectivity index is 0. The Morgan fingerprint density at radius 2 is 1.65 bits per heavy atom. The number of hydrogen-bond acceptors (Lipinski definition) is 2. The summed E-state index contributed by atoms with van der Waals surface area (Å²) in [4.78, 5) is 18.9. The summed E-state index contributed by atoms with van der Waals surface area (Å²) in [6, 6.07) is 8.49. The van der Waals surface area contributed by atoms with Crippen molar-refractivity contribution in [2.24, 2.45) is 0 Å². The first-order valence-electron chi connectivity index (χ1n) is 4.95. The second-order valence-corrected chi connectivity index (χ2v) is 3.24. The van der Waals surface area contributed by atoms with Crippen LogP contribution in [0.5, 0.6) is 0 Å². The zero-order valence-electron chi connectivity index (χ0n) is 9.43. The molecule has 0 radical (unpaired) electrons. The first kappa shape index (κ1) is 19.1. The number of aryl methyl sites for hydroxylation is 1. The molecule has 17 heavy (non-hydrogen) atoms. The van der Waals surface area contributed by atoms with Crippen LogP contribution < -0.4 is 4.24 Å². The van der Waals surface area contributed by atoms with Crippen molar-refractivity contribution < 1.29 is 19.8 Å². The van der Waals surface area contributed by atoms with E-state index in [4.69, 9.17) is 10.2 Å². The topological polar surface area (TPSA) is 74.6 Å². The van der Waals surface area contributed by atoms with Crippen LogP contribution in [0.2, 0.25) is 0 Å². The van der Waals surface area contributed by atoms with Crippen LogP contribution in [0.15, 0.2) is 24.3 Å².